The van der Waals surface area contributed by atoms with Crippen LogP contribution in [0.4, 0.5) is 4.79 Å². The number of nitrogens with one attached hydrogen (secondary N) is 1. The lowest BCUT2D eigenvalue weighted by Crippen LogP contribution is -2.49. The van der Waals surface area contributed by atoms with Gasteiger partial charge in [-0.15, -0.1) is 0 Å². The van der Waals surface area contributed by atoms with Crippen LogP contribution in [-0.4, -0.2) is 22.4 Å². The fourth-order valence-corrected chi connectivity index (χ4v) is 3.35. The molecule has 3 rings (SSSR count). The maximum absolute atomic E-state index is 12.8. The zero-order chi connectivity index (χ0) is 15.7. The lowest BCUT2D eigenvalue weighted by atomic mass is 9.77. The van der Waals surface area contributed by atoms with Crippen LogP contribution in [-0.2, 0) is 11.3 Å². The molecule has 0 radical (unpaired) electrons. The second kappa shape index (κ2) is 5.45. The van der Waals surface area contributed by atoms with Gasteiger partial charge in [0.2, 0.25) is 0 Å². The molecule has 1 N–H and O–H groups in total. The fraction of sp³-hybridized carbons (Fsp3) is 0.471. The fourth-order valence-electron chi connectivity index (χ4n) is 3.35. The van der Waals surface area contributed by atoms with Crippen molar-refractivity contribution in [2.24, 2.45) is 5.92 Å². The summed E-state index contributed by atoms with van der Waals surface area (Å²) in [5.41, 5.74) is 0.488. The molecule has 5 nitrogen and oxygen atoms in total. The molecule has 0 unspecified atom stereocenters. The Kier molecular flexibility index (Phi) is 3.61. The SMILES string of the molecule is CC1CCC2(CC1)NC(=O)N(Cc1ccccc1C#N)C2=O. The predicted molar refractivity (Wildman–Crippen MR) is 80.6 cm³/mol. The Morgan fingerprint density at radius 2 is 2.00 bits per heavy atom. The van der Waals surface area contributed by atoms with E-state index < -0.39 is 5.54 Å². The number of rotatable bonds is 2. The average molecular weight is 297 g/mol. The lowest BCUT2D eigenvalue weighted by molar-refractivity contribution is -0.133. The van der Waals surface area contributed by atoms with Gasteiger partial charge >= 0.3 is 6.03 Å². The summed E-state index contributed by atoms with van der Waals surface area (Å²) in [6.07, 6.45) is 3.31. The predicted octanol–water partition coefficient (Wildman–Crippen LogP) is 2.56. The van der Waals surface area contributed by atoms with E-state index in [1.165, 1.54) is 4.90 Å². The molecule has 1 aliphatic carbocycles. The summed E-state index contributed by atoms with van der Waals surface area (Å²) in [7, 11) is 0. The molecule has 2 fully saturated rings. The number of hydrogen-bond acceptors (Lipinski definition) is 3. The smallest absolute Gasteiger partial charge is 0.323 e. The number of nitriles is 1. The summed E-state index contributed by atoms with van der Waals surface area (Å²) < 4.78 is 0. The Balaban J connectivity index is 1.82. The average Bonchev–Trinajstić information content (AvgIpc) is 2.75. The molecule has 114 valence electrons. The van der Waals surface area contributed by atoms with Gasteiger partial charge in [-0.1, -0.05) is 25.1 Å². The van der Waals surface area contributed by atoms with Gasteiger partial charge in [0.25, 0.3) is 5.91 Å². The van der Waals surface area contributed by atoms with E-state index >= 15 is 0 Å². The Labute approximate surface area is 129 Å². The summed E-state index contributed by atoms with van der Waals surface area (Å²) in [5, 5.41) is 12.0. The van der Waals surface area contributed by atoms with Crippen LogP contribution >= 0.6 is 0 Å². The van der Waals surface area contributed by atoms with Crippen LogP contribution in [0, 0.1) is 17.2 Å². The number of carbonyl (C=O) groups is 2. The van der Waals surface area contributed by atoms with E-state index in [0.717, 1.165) is 12.8 Å². The van der Waals surface area contributed by atoms with Gasteiger partial charge in [0.1, 0.15) is 5.54 Å². The third-order valence-corrected chi connectivity index (χ3v) is 4.84. The first kappa shape index (κ1) is 14.6. The number of amides is 3. The second-order valence-corrected chi connectivity index (χ2v) is 6.36. The Morgan fingerprint density at radius 1 is 1.32 bits per heavy atom. The normalized spacial score (nSPS) is 27.8. The first-order valence-electron chi connectivity index (χ1n) is 7.68. The largest absolute Gasteiger partial charge is 0.325 e. The topological polar surface area (TPSA) is 73.2 Å². The van der Waals surface area contributed by atoms with Crippen LogP contribution in [0.1, 0.15) is 43.7 Å². The Morgan fingerprint density at radius 3 is 2.68 bits per heavy atom. The van der Waals surface area contributed by atoms with Gasteiger partial charge in [-0.2, -0.15) is 5.26 Å². The zero-order valence-electron chi connectivity index (χ0n) is 12.6. The van der Waals surface area contributed by atoms with Gasteiger partial charge < -0.3 is 5.32 Å². The summed E-state index contributed by atoms with van der Waals surface area (Å²) >= 11 is 0. The molecular weight excluding hydrogens is 278 g/mol. The molecule has 3 amide bonds. The second-order valence-electron chi connectivity index (χ2n) is 6.36. The molecule has 0 bridgehead atoms. The number of carbonyl (C=O) groups excluding carboxylic acids is 2. The standard InChI is InChI=1S/C17H19N3O2/c1-12-6-8-17(9-7-12)15(21)20(16(22)19-17)11-14-5-3-2-4-13(14)10-18/h2-5,12H,6-9,11H2,1H3,(H,19,22). The Hall–Kier alpha value is -2.35. The summed E-state index contributed by atoms with van der Waals surface area (Å²) in [6, 6.07) is 8.84. The van der Waals surface area contributed by atoms with E-state index in [0.29, 0.717) is 29.9 Å². The summed E-state index contributed by atoms with van der Waals surface area (Å²) in [5.74, 6) is 0.459. The van der Waals surface area contributed by atoms with Crippen molar-refractivity contribution in [2.45, 2.75) is 44.7 Å². The molecule has 2 aliphatic rings. The monoisotopic (exact) mass is 297 g/mol. The maximum atomic E-state index is 12.8. The van der Waals surface area contributed by atoms with Crippen molar-refractivity contribution in [3.8, 4) is 6.07 Å². The molecule has 1 saturated carbocycles. The van der Waals surface area contributed by atoms with Crippen LogP contribution in [0.5, 0.6) is 0 Å². The molecular formula is C17H19N3O2. The van der Waals surface area contributed by atoms with E-state index in [4.69, 9.17) is 5.26 Å². The van der Waals surface area contributed by atoms with Crippen molar-refractivity contribution in [3.63, 3.8) is 0 Å². The van der Waals surface area contributed by atoms with Crippen molar-refractivity contribution in [3.05, 3.63) is 35.4 Å². The van der Waals surface area contributed by atoms with Crippen molar-refractivity contribution in [2.75, 3.05) is 0 Å². The van der Waals surface area contributed by atoms with Crippen LogP contribution < -0.4 is 5.32 Å². The van der Waals surface area contributed by atoms with Crippen LogP contribution in [0.3, 0.4) is 0 Å². The van der Waals surface area contributed by atoms with E-state index in [2.05, 4.69) is 18.3 Å². The molecule has 1 aromatic rings. The lowest BCUT2D eigenvalue weighted by Gasteiger charge is -2.33. The van der Waals surface area contributed by atoms with Crippen LogP contribution in [0.2, 0.25) is 0 Å². The van der Waals surface area contributed by atoms with Crippen molar-refractivity contribution >= 4 is 11.9 Å². The van der Waals surface area contributed by atoms with Gasteiger partial charge in [0.05, 0.1) is 18.2 Å². The minimum absolute atomic E-state index is 0.142. The van der Waals surface area contributed by atoms with E-state index in [1.54, 1.807) is 18.2 Å². The molecule has 1 heterocycles. The van der Waals surface area contributed by atoms with Gasteiger partial charge in [-0.3, -0.25) is 9.69 Å². The molecule has 5 heteroatoms. The molecule has 1 aliphatic heterocycles. The highest BCUT2D eigenvalue weighted by molar-refractivity contribution is 6.07. The highest BCUT2D eigenvalue weighted by atomic mass is 16.2. The summed E-state index contributed by atoms with van der Waals surface area (Å²) in [6.45, 7) is 2.33. The maximum Gasteiger partial charge on any atom is 0.325 e. The van der Waals surface area contributed by atoms with Gasteiger partial charge in [-0.05, 0) is 43.2 Å². The van der Waals surface area contributed by atoms with Gasteiger partial charge in [0.15, 0.2) is 0 Å². The highest BCUT2D eigenvalue weighted by Gasteiger charge is 2.51. The first-order valence-corrected chi connectivity index (χ1v) is 7.68. The van der Waals surface area contributed by atoms with Gasteiger partial charge in [0, 0.05) is 0 Å². The zero-order valence-corrected chi connectivity index (χ0v) is 12.6. The third kappa shape index (κ3) is 2.35. The molecule has 1 aromatic carbocycles. The van der Waals surface area contributed by atoms with E-state index in [1.807, 2.05) is 6.07 Å². The van der Waals surface area contributed by atoms with Crippen LogP contribution in [0.25, 0.3) is 0 Å². The summed E-state index contributed by atoms with van der Waals surface area (Å²) in [4.78, 5) is 26.3. The van der Waals surface area contributed by atoms with Crippen molar-refractivity contribution in [1.82, 2.24) is 10.2 Å². The van der Waals surface area contributed by atoms with Crippen molar-refractivity contribution in [1.29, 1.82) is 5.26 Å². The number of hydrogen-bond donors (Lipinski definition) is 1. The molecule has 0 atom stereocenters. The molecule has 22 heavy (non-hydrogen) atoms. The van der Waals surface area contributed by atoms with E-state index in [9.17, 15) is 9.59 Å². The first-order chi connectivity index (χ1) is 10.6. The minimum Gasteiger partial charge on any atom is -0.323 e. The number of urea groups is 1. The number of imide groups is 1. The van der Waals surface area contributed by atoms with Crippen molar-refractivity contribution < 1.29 is 9.59 Å². The Bertz CT molecular complexity index is 654. The molecule has 1 saturated heterocycles. The third-order valence-electron chi connectivity index (χ3n) is 4.84. The minimum atomic E-state index is -0.717. The van der Waals surface area contributed by atoms with Crippen LogP contribution in [0.15, 0.2) is 24.3 Å². The van der Waals surface area contributed by atoms with Gasteiger partial charge in [-0.25, -0.2) is 4.79 Å². The number of nitrogens with zero attached hydrogens (tertiary/aromatic N) is 2. The molecule has 1 spiro atoms. The highest BCUT2D eigenvalue weighted by Crippen LogP contribution is 2.36. The molecule has 0 aromatic heterocycles. The number of benzene rings is 1. The quantitative estimate of drug-likeness (QED) is 0.853. The van der Waals surface area contributed by atoms with E-state index in [-0.39, 0.29) is 18.5 Å².